The molecule has 0 fully saturated rings. The van der Waals surface area contributed by atoms with Gasteiger partial charge in [-0.1, -0.05) is 25.4 Å². The maximum Gasteiger partial charge on any atom is 0.0931 e. The van der Waals surface area contributed by atoms with Crippen molar-refractivity contribution in [3.05, 3.63) is 21.3 Å². The minimum atomic E-state index is 0.195. The molecule has 0 spiro atoms. The molecule has 0 aromatic carbocycles. The Bertz CT molecular complexity index is 338. The summed E-state index contributed by atoms with van der Waals surface area (Å²) in [6.07, 6.45) is 1.12. The van der Waals surface area contributed by atoms with Gasteiger partial charge in [-0.2, -0.15) is 0 Å². The van der Waals surface area contributed by atoms with Crippen molar-refractivity contribution in [2.24, 2.45) is 11.8 Å². The van der Waals surface area contributed by atoms with Crippen molar-refractivity contribution in [1.82, 2.24) is 5.32 Å². The van der Waals surface area contributed by atoms with Gasteiger partial charge >= 0.3 is 0 Å². The van der Waals surface area contributed by atoms with Gasteiger partial charge < -0.3 is 5.32 Å². The fourth-order valence-electron chi connectivity index (χ4n) is 1.70. The largest absolute Gasteiger partial charge is 0.312 e. The number of hydrogen-bond donors (Lipinski definition) is 1. The van der Waals surface area contributed by atoms with E-state index in [0.717, 1.165) is 17.3 Å². The highest BCUT2D eigenvalue weighted by Gasteiger charge is 2.18. The molecule has 98 valence electrons. The molecule has 1 rings (SSSR count). The molecule has 1 aromatic rings. The molecule has 0 aliphatic heterocycles. The highest BCUT2D eigenvalue weighted by Crippen LogP contribution is 2.26. The molecule has 0 aliphatic carbocycles. The Morgan fingerprint density at radius 1 is 1.29 bits per heavy atom. The molecule has 1 aromatic heterocycles. The maximum atomic E-state index is 5.98. The molecule has 0 saturated heterocycles. The van der Waals surface area contributed by atoms with Crippen LogP contribution in [0.15, 0.2) is 12.1 Å². The molecule has 1 atom stereocenters. The Morgan fingerprint density at radius 2 is 1.94 bits per heavy atom. The fourth-order valence-corrected chi connectivity index (χ4v) is 2.88. The van der Waals surface area contributed by atoms with Gasteiger partial charge in [0.25, 0.3) is 0 Å². The number of rotatable bonds is 5. The van der Waals surface area contributed by atoms with Crippen molar-refractivity contribution in [2.75, 3.05) is 6.54 Å². The maximum absolute atomic E-state index is 5.98. The van der Waals surface area contributed by atoms with E-state index in [1.807, 2.05) is 6.07 Å². The third-order valence-corrected chi connectivity index (χ3v) is 4.18. The van der Waals surface area contributed by atoms with Crippen LogP contribution in [0.1, 0.15) is 39.5 Å². The molecule has 0 saturated carbocycles. The number of thiophene rings is 1. The first-order chi connectivity index (χ1) is 7.78. The summed E-state index contributed by atoms with van der Waals surface area (Å²) < 4.78 is 0.895. The average molecular weight is 274 g/mol. The first kappa shape index (κ1) is 15.0. The van der Waals surface area contributed by atoms with Crippen LogP contribution in [0.3, 0.4) is 0 Å². The van der Waals surface area contributed by atoms with Gasteiger partial charge in [-0.3, -0.25) is 0 Å². The summed E-state index contributed by atoms with van der Waals surface area (Å²) in [6, 6.07) is 4.15. The van der Waals surface area contributed by atoms with E-state index in [4.69, 9.17) is 11.6 Å². The number of nitrogens with one attached hydrogen (secondary N) is 1. The van der Waals surface area contributed by atoms with Crippen LogP contribution in [0, 0.1) is 11.8 Å². The summed E-state index contributed by atoms with van der Waals surface area (Å²) in [4.78, 5) is 1.39. The van der Waals surface area contributed by atoms with Crippen LogP contribution in [0.25, 0.3) is 0 Å². The van der Waals surface area contributed by atoms with Crippen LogP contribution in [-0.4, -0.2) is 12.1 Å². The summed E-state index contributed by atoms with van der Waals surface area (Å²) in [5.74, 6) is 1.36. The molecule has 1 unspecified atom stereocenters. The van der Waals surface area contributed by atoms with E-state index in [0.29, 0.717) is 11.8 Å². The van der Waals surface area contributed by atoms with Gasteiger partial charge in [0, 0.05) is 10.4 Å². The molecule has 0 amide bonds. The zero-order chi connectivity index (χ0) is 13.1. The highest BCUT2D eigenvalue weighted by atomic mass is 35.5. The lowest BCUT2D eigenvalue weighted by Gasteiger charge is -2.27. The topological polar surface area (TPSA) is 12.0 Å². The lowest BCUT2D eigenvalue weighted by atomic mass is 9.91. The third kappa shape index (κ3) is 5.89. The van der Waals surface area contributed by atoms with Gasteiger partial charge in [0.1, 0.15) is 0 Å². The van der Waals surface area contributed by atoms with Crippen molar-refractivity contribution in [3.63, 3.8) is 0 Å². The molecular formula is C14H24ClNS. The van der Waals surface area contributed by atoms with Gasteiger partial charge in [0.15, 0.2) is 0 Å². The average Bonchev–Trinajstić information content (AvgIpc) is 2.56. The molecule has 1 heterocycles. The van der Waals surface area contributed by atoms with Crippen molar-refractivity contribution < 1.29 is 0 Å². The summed E-state index contributed by atoms with van der Waals surface area (Å²) in [5, 5.41) is 3.60. The number of halogens is 1. The summed E-state index contributed by atoms with van der Waals surface area (Å²) in [6.45, 7) is 12.3. The molecule has 17 heavy (non-hydrogen) atoms. The molecule has 0 radical (unpaired) electrons. The normalized spacial score (nSPS) is 14.3. The predicted molar refractivity (Wildman–Crippen MR) is 79.1 cm³/mol. The Balaban J connectivity index is 2.55. The van der Waals surface area contributed by atoms with Gasteiger partial charge in [0.05, 0.1) is 4.34 Å². The Morgan fingerprint density at radius 3 is 2.35 bits per heavy atom. The van der Waals surface area contributed by atoms with Crippen LogP contribution >= 0.6 is 22.9 Å². The van der Waals surface area contributed by atoms with Crippen LogP contribution in [0.4, 0.5) is 0 Å². The van der Waals surface area contributed by atoms with E-state index < -0.39 is 0 Å². The van der Waals surface area contributed by atoms with Crippen molar-refractivity contribution >= 4 is 22.9 Å². The molecular weight excluding hydrogens is 250 g/mol. The lowest BCUT2D eigenvalue weighted by Crippen LogP contribution is -2.40. The zero-order valence-corrected chi connectivity index (χ0v) is 13.1. The molecule has 0 bridgehead atoms. The summed E-state index contributed by atoms with van der Waals surface area (Å²) in [7, 11) is 0. The predicted octanol–water partition coefficient (Wildman–Crippen LogP) is 4.60. The van der Waals surface area contributed by atoms with Gasteiger partial charge in [-0.05, 0) is 57.7 Å². The summed E-state index contributed by atoms with van der Waals surface area (Å²) in [5.41, 5.74) is 0.195. The molecule has 1 nitrogen and oxygen atoms in total. The Hall–Kier alpha value is -0.0500. The van der Waals surface area contributed by atoms with E-state index >= 15 is 0 Å². The van der Waals surface area contributed by atoms with Crippen LogP contribution < -0.4 is 5.32 Å². The van der Waals surface area contributed by atoms with Gasteiger partial charge in [-0.25, -0.2) is 0 Å². The number of hydrogen-bond acceptors (Lipinski definition) is 2. The van der Waals surface area contributed by atoms with Gasteiger partial charge in [-0.15, -0.1) is 11.3 Å². The second-order valence-electron chi connectivity index (χ2n) is 6.04. The Labute approximate surface area is 115 Å². The van der Waals surface area contributed by atoms with Crippen molar-refractivity contribution in [1.29, 1.82) is 0 Å². The molecule has 3 heteroatoms. The highest BCUT2D eigenvalue weighted by molar-refractivity contribution is 7.16. The second kappa shape index (κ2) is 6.21. The monoisotopic (exact) mass is 273 g/mol. The molecule has 1 N–H and O–H groups in total. The van der Waals surface area contributed by atoms with E-state index in [-0.39, 0.29) is 5.54 Å². The zero-order valence-electron chi connectivity index (χ0n) is 11.5. The van der Waals surface area contributed by atoms with E-state index in [9.17, 15) is 0 Å². The first-order valence-corrected chi connectivity index (χ1v) is 7.46. The van der Waals surface area contributed by atoms with Crippen LogP contribution in [-0.2, 0) is 6.42 Å². The van der Waals surface area contributed by atoms with E-state index in [1.165, 1.54) is 4.88 Å². The van der Waals surface area contributed by atoms with E-state index in [2.05, 4.69) is 46.0 Å². The minimum absolute atomic E-state index is 0.195. The minimum Gasteiger partial charge on any atom is -0.312 e. The van der Waals surface area contributed by atoms with E-state index in [1.54, 1.807) is 11.3 Å². The smallest absolute Gasteiger partial charge is 0.0931 e. The van der Waals surface area contributed by atoms with Crippen LogP contribution in [0.5, 0.6) is 0 Å². The summed E-state index contributed by atoms with van der Waals surface area (Å²) >= 11 is 7.68. The first-order valence-electron chi connectivity index (χ1n) is 6.27. The standard InChI is InChI=1S/C14H24ClNS/c1-10(2)11(9-16-14(3,4)5)8-12-6-7-13(15)17-12/h6-7,10-11,16H,8-9H2,1-5H3. The second-order valence-corrected chi connectivity index (χ2v) is 7.84. The SMILES string of the molecule is CC(C)C(CNC(C)(C)C)Cc1ccc(Cl)s1. The third-order valence-electron chi connectivity index (χ3n) is 2.93. The van der Waals surface area contributed by atoms with Crippen molar-refractivity contribution in [2.45, 2.75) is 46.6 Å². The van der Waals surface area contributed by atoms with Gasteiger partial charge in [0.2, 0.25) is 0 Å². The Kier molecular flexibility index (Phi) is 5.49. The molecule has 0 aliphatic rings. The fraction of sp³-hybridized carbons (Fsp3) is 0.714. The van der Waals surface area contributed by atoms with Crippen molar-refractivity contribution in [3.8, 4) is 0 Å². The van der Waals surface area contributed by atoms with Crippen LogP contribution in [0.2, 0.25) is 4.34 Å². The lowest BCUT2D eigenvalue weighted by molar-refractivity contribution is 0.313. The quantitative estimate of drug-likeness (QED) is 0.826.